The van der Waals surface area contributed by atoms with Gasteiger partial charge in [0.25, 0.3) is 0 Å². The highest BCUT2D eigenvalue weighted by molar-refractivity contribution is 5.54. The van der Waals surface area contributed by atoms with Crippen molar-refractivity contribution in [3.63, 3.8) is 0 Å². The quantitative estimate of drug-likeness (QED) is 0.590. The molecule has 1 aromatic heterocycles. The van der Waals surface area contributed by atoms with E-state index in [1.54, 1.807) is 0 Å². The van der Waals surface area contributed by atoms with Crippen molar-refractivity contribution < 1.29 is 0 Å². The second-order valence-electron chi connectivity index (χ2n) is 5.75. The minimum atomic E-state index is 0.597. The molecule has 21 heavy (non-hydrogen) atoms. The summed E-state index contributed by atoms with van der Waals surface area (Å²) in [5, 5.41) is 3.41. The van der Waals surface area contributed by atoms with Crippen molar-refractivity contribution in [2.24, 2.45) is 0 Å². The molecule has 0 aromatic carbocycles. The predicted octanol–water partition coefficient (Wildman–Crippen LogP) is 4.48. The first-order chi connectivity index (χ1) is 10.2. The van der Waals surface area contributed by atoms with Crippen LogP contribution in [0.3, 0.4) is 0 Å². The Labute approximate surface area is 130 Å². The van der Waals surface area contributed by atoms with Crippen LogP contribution >= 0.6 is 0 Å². The van der Waals surface area contributed by atoms with Gasteiger partial charge < -0.3 is 11.1 Å². The molecule has 120 valence electrons. The smallest absolute Gasteiger partial charge is 0.134 e. The average Bonchev–Trinajstić information content (AvgIpc) is 2.49. The maximum absolute atomic E-state index is 5.92. The molecule has 0 aliphatic carbocycles. The molecule has 0 saturated carbocycles. The summed E-state index contributed by atoms with van der Waals surface area (Å²) < 4.78 is 0. The predicted molar refractivity (Wildman–Crippen MR) is 91.7 cm³/mol. The van der Waals surface area contributed by atoms with Crippen molar-refractivity contribution in [3.05, 3.63) is 11.4 Å². The Morgan fingerprint density at radius 1 is 0.905 bits per heavy atom. The number of aromatic nitrogens is 2. The first kappa shape index (κ1) is 17.7. The molecule has 0 saturated heterocycles. The third-order valence-electron chi connectivity index (χ3n) is 3.87. The van der Waals surface area contributed by atoms with E-state index in [2.05, 4.69) is 22.2 Å². The summed E-state index contributed by atoms with van der Waals surface area (Å²) in [4.78, 5) is 8.79. The number of hydrogen-bond acceptors (Lipinski definition) is 4. The molecule has 0 spiro atoms. The summed E-state index contributed by atoms with van der Waals surface area (Å²) in [5.74, 6) is 2.32. The minimum Gasteiger partial charge on any atom is -0.383 e. The largest absolute Gasteiger partial charge is 0.383 e. The van der Waals surface area contributed by atoms with Gasteiger partial charge in [0, 0.05) is 18.5 Å². The molecule has 4 heteroatoms. The zero-order valence-electron chi connectivity index (χ0n) is 14.0. The van der Waals surface area contributed by atoms with Crippen LogP contribution in [0.5, 0.6) is 0 Å². The minimum absolute atomic E-state index is 0.597. The average molecular weight is 292 g/mol. The molecule has 1 rings (SSSR count). The van der Waals surface area contributed by atoms with E-state index in [4.69, 9.17) is 5.73 Å². The number of nitrogen functional groups attached to an aromatic ring is 1. The molecule has 0 unspecified atom stereocenters. The first-order valence-corrected chi connectivity index (χ1v) is 8.55. The van der Waals surface area contributed by atoms with Crippen molar-refractivity contribution >= 4 is 11.6 Å². The Kier molecular flexibility index (Phi) is 8.79. The number of rotatable bonds is 11. The normalized spacial score (nSPS) is 10.8. The van der Waals surface area contributed by atoms with Gasteiger partial charge >= 0.3 is 0 Å². The lowest BCUT2D eigenvalue weighted by Crippen LogP contribution is -2.10. The summed E-state index contributed by atoms with van der Waals surface area (Å²) in [6.07, 6.45) is 11.5. The van der Waals surface area contributed by atoms with Crippen LogP contribution in [0.1, 0.15) is 76.6 Å². The monoisotopic (exact) mass is 292 g/mol. The lowest BCUT2D eigenvalue weighted by atomic mass is 10.1. The number of hydrogen-bond donors (Lipinski definition) is 2. The molecule has 1 heterocycles. The summed E-state index contributed by atoms with van der Waals surface area (Å²) >= 11 is 0. The van der Waals surface area contributed by atoms with Gasteiger partial charge in [0.05, 0.1) is 0 Å². The number of nitrogens with two attached hydrogens (primary N) is 1. The third kappa shape index (κ3) is 6.78. The van der Waals surface area contributed by atoms with E-state index in [9.17, 15) is 0 Å². The zero-order chi connectivity index (χ0) is 15.5. The van der Waals surface area contributed by atoms with Gasteiger partial charge in [-0.3, -0.25) is 0 Å². The molecule has 1 aromatic rings. The van der Waals surface area contributed by atoms with Crippen LogP contribution in [0.25, 0.3) is 0 Å². The summed E-state index contributed by atoms with van der Waals surface area (Å²) in [6.45, 7) is 7.25. The molecule has 0 bridgehead atoms. The van der Waals surface area contributed by atoms with Crippen LogP contribution in [0, 0.1) is 6.92 Å². The van der Waals surface area contributed by atoms with E-state index in [1.165, 1.54) is 51.4 Å². The van der Waals surface area contributed by atoms with E-state index in [-0.39, 0.29) is 0 Å². The molecular formula is C17H32N4. The highest BCUT2D eigenvalue weighted by atomic mass is 15.1. The van der Waals surface area contributed by atoms with Gasteiger partial charge in [0.15, 0.2) is 0 Å². The van der Waals surface area contributed by atoms with Crippen molar-refractivity contribution in [1.29, 1.82) is 0 Å². The Hall–Kier alpha value is -1.32. The summed E-state index contributed by atoms with van der Waals surface area (Å²) in [6, 6.07) is 0. The highest BCUT2D eigenvalue weighted by Gasteiger charge is 2.06. The van der Waals surface area contributed by atoms with Crippen molar-refractivity contribution in [2.75, 3.05) is 17.6 Å². The molecule has 0 aliphatic rings. The third-order valence-corrected chi connectivity index (χ3v) is 3.87. The standard InChI is InChI=1S/C17H32N4/c1-4-6-7-8-9-10-11-12-13-19-17-14(3)16(18)20-15(5-2)21-17/h4-13H2,1-3H3,(H3,18,19,20,21). The number of aryl methyl sites for hydroxylation is 1. The van der Waals surface area contributed by atoms with Crippen molar-refractivity contribution in [3.8, 4) is 0 Å². The SMILES string of the molecule is CCCCCCCCCCNc1nc(CC)nc(N)c1C. The molecule has 4 nitrogen and oxygen atoms in total. The lowest BCUT2D eigenvalue weighted by Gasteiger charge is -2.11. The Balaban J connectivity index is 2.19. The van der Waals surface area contributed by atoms with Crippen LogP contribution < -0.4 is 11.1 Å². The molecule has 0 atom stereocenters. The van der Waals surface area contributed by atoms with E-state index >= 15 is 0 Å². The highest BCUT2D eigenvalue weighted by Crippen LogP contribution is 2.17. The summed E-state index contributed by atoms with van der Waals surface area (Å²) in [7, 11) is 0. The van der Waals surface area contributed by atoms with Gasteiger partial charge in [-0.05, 0) is 13.3 Å². The topological polar surface area (TPSA) is 63.8 Å². The number of nitrogens with one attached hydrogen (secondary N) is 1. The number of unbranched alkanes of at least 4 members (excludes halogenated alkanes) is 7. The van der Waals surface area contributed by atoms with Gasteiger partial charge in [-0.1, -0.05) is 58.8 Å². The van der Waals surface area contributed by atoms with Crippen molar-refractivity contribution in [2.45, 2.75) is 78.6 Å². The molecule has 0 aliphatic heterocycles. The lowest BCUT2D eigenvalue weighted by molar-refractivity contribution is 0.581. The van der Waals surface area contributed by atoms with Gasteiger partial charge in [-0.25, -0.2) is 9.97 Å². The second-order valence-corrected chi connectivity index (χ2v) is 5.75. The maximum atomic E-state index is 5.92. The maximum Gasteiger partial charge on any atom is 0.134 e. The zero-order valence-corrected chi connectivity index (χ0v) is 14.0. The Bertz CT molecular complexity index is 404. The van der Waals surface area contributed by atoms with Gasteiger partial charge in [-0.2, -0.15) is 0 Å². The fourth-order valence-electron chi connectivity index (χ4n) is 2.38. The van der Waals surface area contributed by atoms with E-state index in [0.29, 0.717) is 5.82 Å². The van der Waals surface area contributed by atoms with Crippen LogP contribution in [-0.2, 0) is 6.42 Å². The summed E-state index contributed by atoms with van der Waals surface area (Å²) in [5.41, 5.74) is 6.88. The molecule has 0 amide bonds. The first-order valence-electron chi connectivity index (χ1n) is 8.55. The molecular weight excluding hydrogens is 260 g/mol. The molecule has 0 fully saturated rings. The van der Waals surface area contributed by atoms with Crippen molar-refractivity contribution in [1.82, 2.24) is 9.97 Å². The Morgan fingerprint density at radius 3 is 2.14 bits per heavy atom. The van der Waals surface area contributed by atoms with Crippen LogP contribution in [0.4, 0.5) is 11.6 Å². The number of anilines is 2. The van der Waals surface area contributed by atoms with Crippen LogP contribution in [0.2, 0.25) is 0 Å². The second kappa shape index (κ2) is 10.4. The van der Waals surface area contributed by atoms with E-state index in [0.717, 1.165) is 30.2 Å². The van der Waals surface area contributed by atoms with Crippen LogP contribution in [0.15, 0.2) is 0 Å². The van der Waals surface area contributed by atoms with E-state index < -0.39 is 0 Å². The fourth-order valence-corrected chi connectivity index (χ4v) is 2.38. The van der Waals surface area contributed by atoms with Crippen LogP contribution in [-0.4, -0.2) is 16.5 Å². The molecule has 3 N–H and O–H groups in total. The van der Waals surface area contributed by atoms with Gasteiger partial charge in [-0.15, -0.1) is 0 Å². The number of nitrogens with zero attached hydrogens (tertiary/aromatic N) is 2. The van der Waals surface area contributed by atoms with E-state index in [1.807, 2.05) is 13.8 Å². The fraction of sp³-hybridized carbons (Fsp3) is 0.765. The molecule has 0 radical (unpaired) electrons. The Morgan fingerprint density at radius 2 is 1.52 bits per heavy atom. The van der Waals surface area contributed by atoms with Gasteiger partial charge in [0.1, 0.15) is 17.5 Å². The van der Waals surface area contributed by atoms with Gasteiger partial charge in [0.2, 0.25) is 0 Å².